The molecule has 0 aliphatic carbocycles. The van der Waals surface area contributed by atoms with Crippen LogP contribution >= 0.6 is 22.9 Å². The van der Waals surface area contributed by atoms with Gasteiger partial charge in [-0.15, -0.1) is 11.3 Å². The van der Waals surface area contributed by atoms with E-state index in [4.69, 9.17) is 11.6 Å². The minimum absolute atomic E-state index is 0.111. The second-order valence-corrected chi connectivity index (χ2v) is 7.53. The molecule has 1 aliphatic heterocycles. The van der Waals surface area contributed by atoms with Crippen LogP contribution in [0.25, 0.3) is 0 Å². The molecule has 0 bridgehead atoms. The topological polar surface area (TPSA) is 57.6 Å². The molecule has 1 N–H and O–H groups in total. The zero-order valence-electron chi connectivity index (χ0n) is 14.3. The van der Waals surface area contributed by atoms with Crippen LogP contribution in [0.2, 0.25) is 5.02 Å². The van der Waals surface area contributed by atoms with Crippen molar-refractivity contribution in [2.24, 2.45) is 0 Å². The summed E-state index contributed by atoms with van der Waals surface area (Å²) < 4.78 is 14.7. The third kappa shape index (κ3) is 3.00. The summed E-state index contributed by atoms with van der Waals surface area (Å²) in [5.74, 6) is -2.57. The number of carbonyl (C=O) groups excluding carboxylic acids is 2. The number of aliphatic hydroxyl groups is 1. The molecule has 1 aliphatic rings. The number of aliphatic hydroxyl groups excluding tert-OH is 1. The molecule has 140 valence electrons. The van der Waals surface area contributed by atoms with Crippen LogP contribution in [0.15, 0.2) is 77.4 Å². The van der Waals surface area contributed by atoms with Gasteiger partial charge in [0, 0.05) is 16.3 Å². The Morgan fingerprint density at radius 1 is 1.11 bits per heavy atom. The van der Waals surface area contributed by atoms with Crippen LogP contribution in [0.4, 0.5) is 10.1 Å². The minimum atomic E-state index is -1.11. The van der Waals surface area contributed by atoms with Gasteiger partial charge in [0.05, 0.1) is 16.5 Å². The van der Waals surface area contributed by atoms with Crippen molar-refractivity contribution in [1.82, 2.24) is 0 Å². The number of thiophene rings is 1. The number of benzene rings is 2. The second-order valence-electron chi connectivity index (χ2n) is 6.15. The summed E-state index contributed by atoms with van der Waals surface area (Å²) in [7, 11) is 0. The standard InChI is InChI=1S/C21H13ClFNO3S/c22-12-5-3-6-13(11-12)24-18(14-7-1-2-8-15(14)23)17(20(26)21(24)27)19(25)16-9-4-10-28-16/h1-11,18,26H. The van der Waals surface area contributed by atoms with Crippen molar-refractivity contribution in [2.45, 2.75) is 6.04 Å². The number of Topliss-reactive ketones (excluding diaryl/α,β-unsaturated/α-hetero) is 1. The van der Waals surface area contributed by atoms with E-state index in [1.165, 1.54) is 40.5 Å². The summed E-state index contributed by atoms with van der Waals surface area (Å²) >= 11 is 7.24. The normalized spacial score (nSPS) is 16.7. The summed E-state index contributed by atoms with van der Waals surface area (Å²) in [6.07, 6.45) is 0. The molecule has 0 saturated carbocycles. The van der Waals surface area contributed by atoms with E-state index in [0.717, 1.165) is 0 Å². The fourth-order valence-electron chi connectivity index (χ4n) is 3.26. The first kappa shape index (κ1) is 18.4. The highest BCUT2D eigenvalue weighted by Gasteiger charge is 2.45. The van der Waals surface area contributed by atoms with Crippen molar-refractivity contribution >= 4 is 40.3 Å². The predicted octanol–water partition coefficient (Wildman–Crippen LogP) is 5.32. The van der Waals surface area contributed by atoms with Crippen molar-refractivity contribution in [2.75, 3.05) is 4.90 Å². The van der Waals surface area contributed by atoms with E-state index in [1.807, 2.05) is 0 Å². The molecule has 7 heteroatoms. The van der Waals surface area contributed by atoms with Crippen LogP contribution in [-0.4, -0.2) is 16.8 Å². The Balaban J connectivity index is 1.92. The van der Waals surface area contributed by atoms with Gasteiger partial charge in [0.15, 0.2) is 5.76 Å². The first-order valence-electron chi connectivity index (χ1n) is 8.34. The van der Waals surface area contributed by atoms with E-state index < -0.39 is 29.3 Å². The van der Waals surface area contributed by atoms with Crippen LogP contribution < -0.4 is 4.90 Å². The third-order valence-corrected chi connectivity index (χ3v) is 5.59. The first-order chi connectivity index (χ1) is 13.5. The van der Waals surface area contributed by atoms with Gasteiger partial charge in [-0.3, -0.25) is 14.5 Å². The number of carbonyl (C=O) groups is 2. The highest BCUT2D eigenvalue weighted by atomic mass is 35.5. The molecular weight excluding hydrogens is 401 g/mol. The molecule has 3 aromatic rings. The maximum Gasteiger partial charge on any atom is 0.294 e. The first-order valence-corrected chi connectivity index (χ1v) is 9.59. The Hall–Kier alpha value is -2.96. The molecule has 1 aromatic heterocycles. The largest absolute Gasteiger partial charge is 0.503 e. The maximum absolute atomic E-state index is 14.7. The van der Waals surface area contributed by atoms with E-state index in [2.05, 4.69) is 0 Å². The van der Waals surface area contributed by atoms with Crippen LogP contribution in [0.5, 0.6) is 0 Å². The molecule has 0 fully saturated rings. The number of ketones is 1. The highest BCUT2D eigenvalue weighted by Crippen LogP contribution is 2.43. The van der Waals surface area contributed by atoms with Gasteiger partial charge in [-0.1, -0.05) is 41.9 Å². The van der Waals surface area contributed by atoms with E-state index in [0.29, 0.717) is 15.6 Å². The van der Waals surface area contributed by atoms with Crippen LogP contribution in [0.1, 0.15) is 21.3 Å². The number of amides is 1. The van der Waals surface area contributed by atoms with Gasteiger partial charge < -0.3 is 5.11 Å². The monoisotopic (exact) mass is 413 g/mol. The van der Waals surface area contributed by atoms with Gasteiger partial charge in [0.2, 0.25) is 5.78 Å². The summed E-state index contributed by atoms with van der Waals surface area (Å²) in [5, 5.41) is 12.7. The van der Waals surface area contributed by atoms with Crippen molar-refractivity contribution in [3.05, 3.63) is 98.7 Å². The molecule has 0 spiro atoms. The molecule has 2 aromatic carbocycles. The van der Waals surface area contributed by atoms with Crippen molar-refractivity contribution in [1.29, 1.82) is 0 Å². The second kappa shape index (κ2) is 7.22. The van der Waals surface area contributed by atoms with E-state index >= 15 is 0 Å². The lowest BCUT2D eigenvalue weighted by molar-refractivity contribution is -0.117. The molecule has 1 unspecified atom stereocenters. The highest BCUT2D eigenvalue weighted by molar-refractivity contribution is 7.12. The molecule has 2 heterocycles. The average molecular weight is 414 g/mol. The van der Waals surface area contributed by atoms with Gasteiger partial charge in [-0.25, -0.2) is 4.39 Å². The van der Waals surface area contributed by atoms with E-state index in [1.54, 1.807) is 41.8 Å². The van der Waals surface area contributed by atoms with Crippen molar-refractivity contribution < 1.29 is 19.1 Å². The molecular formula is C21H13ClFNO3S. The molecule has 28 heavy (non-hydrogen) atoms. The quantitative estimate of drug-likeness (QED) is 0.588. The molecule has 4 nitrogen and oxygen atoms in total. The summed E-state index contributed by atoms with van der Waals surface area (Å²) in [6, 6.07) is 14.5. The number of hydrogen-bond acceptors (Lipinski definition) is 4. The van der Waals surface area contributed by atoms with Gasteiger partial charge in [-0.2, -0.15) is 0 Å². The van der Waals surface area contributed by atoms with Gasteiger partial charge in [0.1, 0.15) is 5.82 Å². The molecule has 0 saturated heterocycles. The lowest BCUT2D eigenvalue weighted by Gasteiger charge is -2.27. The third-order valence-electron chi connectivity index (χ3n) is 4.48. The number of anilines is 1. The SMILES string of the molecule is O=C(C1=C(O)C(=O)N(c2cccc(Cl)c2)C1c1ccccc1F)c1cccs1. The summed E-state index contributed by atoms with van der Waals surface area (Å²) in [5.41, 5.74) is 0.309. The number of nitrogens with zero attached hydrogens (tertiary/aromatic N) is 1. The predicted molar refractivity (Wildman–Crippen MR) is 106 cm³/mol. The molecule has 0 radical (unpaired) electrons. The Labute approximate surface area is 169 Å². The number of hydrogen-bond donors (Lipinski definition) is 1. The zero-order valence-corrected chi connectivity index (χ0v) is 15.9. The number of rotatable bonds is 4. The summed E-state index contributed by atoms with van der Waals surface area (Å²) in [4.78, 5) is 27.5. The smallest absolute Gasteiger partial charge is 0.294 e. The van der Waals surface area contributed by atoms with Gasteiger partial charge >= 0.3 is 0 Å². The lowest BCUT2D eigenvalue weighted by atomic mass is 9.94. The fourth-order valence-corrected chi connectivity index (χ4v) is 4.12. The van der Waals surface area contributed by atoms with Crippen molar-refractivity contribution in [3.8, 4) is 0 Å². The Morgan fingerprint density at radius 2 is 1.89 bits per heavy atom. The van der Waals surface area contributed by atoms with E-state index in [9.17, 15) is 19.1 Å². The Morgan fingerprint density at radius 3 is 2.57 bits per heavy atom. The number of halogens is 2. The Kier molecular flexibility index (Phi) is 4.75. The molecule has 1 amide bonds. The fraction of sp³-hybridized carbons (Fsp3) is 0.0476. The van der Waals surface area contributed by atoms with Crippen LogP contribution in [0, 0.1) is 5.82 Å². The molecule has 4 rings (SSSR count). The average Bonchev–Trinajstić information content (AvgIpc) is 3.30. The Bertz CT molecular complexity index is 1110. The zero-order chi connectivity index (χ0) is 19.8. The summed E-state index contributed by atoms with van der Waals surface area (Å²) in [6.45, 7) is 0. The van der Waals surface area contributed by atoms with E-state index in [-0.39, 0.29) is 11.1 Å². The minimum Gasteiger partial charge on any atom is -0.503 e. The lowest BCUT2D eigenvalue weighted by Crippen LogP contribution is -2.31. The van der Waals surface area contributed by atoms with Crippen molar-refractivity contribution in [3.63, 3.8) is 0 Å². The van der Waals surface area contributed by atoms with Gasteiger partial charge in [-0.05, 0) is 35.7 Å². The van der Waals surface area contributed by atoms with Crippen LogP contribution in [0.3, 0.4) is 0 Å². The van der Waals surface area contributed by atoms with Gasteiger partial charge in [0.25, 0.3) is 5.91 Å². The molecule has 1 atom stereocenters. The maximum atomic E-state index is 14.7. The van der Waals surface area contributed by atoms with Crippen LogP contribution in [-0.2, 0) is 4.79 Å².